The third-order valence-electron chi connectivity index (χ3n) is 3.52. The van der Waals surface area contributed by atoms with Crippen LogP contribution in [0.2, 0.25) is 5.02 Å². The molecule has 0 saturated heterocycles. The van der Waals surface area contributed by atoms with Crippen molar-refractivity contribution in [1.29, 1.82) is 0 Å². The monoisotopic (exact) mass is 284 g/mol. The molecule has 0 aliphatic heterocycles. The number of nitrogens with zero attached hydrogens (tertiary/aromatic N) is 1. The first kappa shape index (κ1) is 14.1. The highest BCUT2D eigenvalue weighted by Gasteiger charge is 2.23. The van der Waals surface area contributed by atoms with Gasteiger partial charge in [-0.25, -0.2) is 0 Å². The third kappa shape index (κ3) is 3.58. The van der Waals surface area contributed by atoms with Crippen LogP contribution in [0.3, 0.4) is 0 Å². The van der Waals surface area contributed by atoms with Gasteiger partial charge in [-0.1, -0.05) is 11.6 Å². The van der Waals surface area contributed by atoms with E-state index in [4.69, 9.17) is 16.3 Å². The van der Waals surface area contributed by atoms with E-state index in [-0.39, 0.29) is 11.7 Å². The minimum Gasteiger partial charge on any atom is -0.381 e. The van der Waals surface area contributed by atoms with Crippen LogP contribution in [0.5, 0.6) is 0 Å². The zero-order chi connectivity index (χ0) is 13.8. The van der Waals surface area contributed by atoms with Gasteiger partial charge in [-0.2, -0.15) is 0 Å². The Hall–Kier alpha value is -1.33. The first-order chi connectivity index (χ1) is 9.10. The number of nitro benzene ring substituents is 1. The predicted octanol–water partition coefficient (Wildman–Crippen LogP) is 3.62. The van der Waals surface area contributed by atoms with Gasteiger partial charge in [-0.15, -0.1) is 0 Å². The Morgan fingerprint density at radius 3 is 2.63 bits per heavy atom. The van der Waals surface area contributed by atoms with Crippen LogP contribution in [0.4, 0.5) is 11.4 Å². The number of rotatable bonds is 4. The minimum atomic E-state index is -0.408. The Morgan fingerprint density at radius 2 is 2.05 bits per heavy atom. The molecule has 1 aromatic rings. The van der Waals surface area contributed by atoms with Crippen LogP contribution in [0, 0.1) is 10.1 Å². The van der Waals surface area contributed by atoms with Crippen molar-refractivity contribution in [2.75, 3.05) is 12.4 Å². The van der Waals surface area contributed by atoms with E-state index in [0.29, 0.717) is 16.8 Å². The molecule has 1 saturated carbocycles. The lowest BCUT2D eigenvalue weighted by atomic mass is 9.93. The van der Waals surface area contributed by atoms with Gasteiger partial charge in [0.15, 0.2) is 0 Å². The van der Waals surface area contributed by atoms with Crippen LogP contribution < -0.4 is 5.32 Å². The van der Waals surface area contributed by atoms with Crippen LogP contribution in [0.25, 0.3) is 0 Å². The molecule has 0 unspecified atom stereocenters. The minimum absolute atomic E-state index is 0.0290. The third-order valence-corrected chi connectivity index (χ3v) is 3.76. The number of hydrogen-bond acceptors (Lipinski definition) is 4. The van der Waals surface area contributed by atoms with Crippen molar-refractivity contribution < 1.29 is 9.66 Å². The predicted molar refractivity (Wildman–Crippen MR) is 74.8 cm³/mol. The average molecular weight is 285 g/mol. The molecule has 0 heterocycles. The highest BCUT2D eigenvalue weighted by molar-refractivity contribution is 6.30. The molecular weight excluding hydrogens is 268 g/mol. The van der Waals surface area contributed by atoms with Crippen molar-refractivity contribution in [3.8, 4) is 0 Å². The summed E-state index contributed by atoms with van der Waals surface area (Å²) in [6.07, 6.45) is 4.19. The SMILES string of the molecule is COC1CCC(Nc2ccc(Cl)cc2[N+](=O)[O-])CC1. The lowest BCUT2D eigenvalue weighted by Gasteiger charge is -2.28. The number of benzene rings is 1. The molecule has 0 amide bonds. The first-order valence-electron chi connectivity index (χ1n) is 6.33. The molecule has 0 spiro atoms. The number of halogens is 1. The molecule has 6 heteroatoms. The van der Waals surface area contributed by atoms with Crippen molar-refractivity contribution in [1.82, 2.24) is 0 Å². The van der Waals surface area contributed by atoms with E-state index in [1.165, 1.54) is 6.07 Å². The first-order valence-corrected chi connectivity index (χ1v) is 6.71. The van der Waals surface area contributed by atoms with E-state index < -0.39 is 4.92 Å². The molecule has 0 aromatic heterocycles. The van der Waals surface area contributed by atoms with E-state index in [2.05, 4.69) is 5.32 Å². The van der Waals surface area contributed by atoms with E-state index in [1.54, 1.807) is 19.2 Å². The molecule has 1 aliphatic rings. The van der Waals surface area contributed by atoms with E-state index >= 15 is 0 Å². The molecule has 1 aromatic carbocycles. The maximum atomic E-state index is 11.0. The van der Waals surface area contributed by atoms with Crippen LogP contribution in [0.15, 0.2) is 18.2 Å². The topological polar surface area (TPSA) is 64.4 Å². The van der Waals surface area contributed by atoms with Crippen LogP contribution in [-0.4, -0.2) is 24.2 Å². The summed E-state index contributed by atoms with van der Waals surface area (Å²) >= 11 is 5.79. The van der Waals surface area contributed by atoms with Crippen molar-refractivity contribution in [2.45, 2.75) is 37.8 Å². The fourth-order valence-corrected chi connectivity index (χ4v) is 2.61. The second-order valence-electron chi connectivity index (χ2n) is 4.77. The molecule has 1 fully saturated rings. The Morgan fingerprint density at radius 1 is 1.37 bits per heavy atom. The van der Waals surface area contributed by atoms with Crippen LogP contribution >= 0.6 is 11.6 Å². The van der Waals surface area contributed by atoms with Crippen molar-refractivity contribution in [3.05, 3.63) is 33.3 Å². The van der Waals surface area contributed by atoms with Gasteiger partial charge in [-0.3, -0.25) is 10.1 Å². The summed E-state index contributed by atoms with van der Waals surface area (Å²) in [5, 5.41) is 14.6. The molecular formula is C13H17ClN2O3. The van der Waals surface area contributed by atoms with E-state index in [1.807, 2.05) is 0 Å². The van der Waals surface area contributed by atoms with E-state index in [0.717, 1.165) is 25.7 Å². The summed E-state index contributed by atoms with van der Waals surface area (Å²) < 4.78 is 5.31. The number of nitro groups is 1. The van der Waals surface area contributed by atoms with Gasteiger partial charge >= 0.3 is 0 Å². The molecule has 104 valence electrons. The molecule has 1 aliphatic carbocycles. The molecule has 5 nitrogen and oxygen atoms in total. The van der Waals surface area contributed by atoms with Crippen molar-refractivity contribution in [3.63, 3.8) is 0 Å². The molecule has 19 heavy (non-hydrogen) atoms. The lowest BCUT2D eigenvalue weighted by molar-refractivity contribution is -0.384. The zero-order valence-corrected chi connectivity index (χ0v) is 11.5. The lowest BCUT2D eigenvalue weighted by Crippen LogP contribution is -2.29. The second-order valence-corrected chi connectivity index (χ2v) is 5.21. The number of ether oxygens (including phenoxy) is 1. The number of methoxy groups -OCH3 is 1. The van der Waals surface area contributed by atoms with Gasteiger partial charge in [0.05, 0.1) is 11.0 Å². The summed E-state index contributed by atoms with van der Waals surface area (Å²) in [5.41, 5.74) is 0.566. The largest absolute Gasteiger partial charge is 0.381 e. The van der Waals surface area contributed by atoms with E-state index in [9.17, 15) is 10.1 Å². The molecule has 0 atom stereocenters. The fourth-order valence-electron chi connectivity index (χ4n) is 2.44. The van der Waals surface area contributed by atoms with Crippen LogP contribution in [0.1, 0.15) is 25.7 Å². The maximum absolute atomic E-state index is 11.0. The van der Waals surface area contributed by atoms with Gasteiger partial charge < -0.3 is 10.1 Å². The summed E-state index contributed by atoms with van der Waals surface area (Å²) in [4.78, 5) is 10.6. The molecule has 0 bridgehead atoms. The van der Waals surface area contributed by atoms with Crippen molar-refractivity contribution >= 4 is 23.0 Å². The Labute approximate surface area is 117 Å². The Bertz CT molecular complexity index is 459. The fraction of sp³-hybridized carbons (Fsp3) is 0.538. The molecule has 1 N–H and O–H groups in total. The zero-order valence-electron chi connectivity index (χ0n) is 10.8. The van der Waals surface area contributed by atoms with Gasteiger partial charge in [0.25, 0.3) is 5.69 Å². The quantitative estimate of drug-likeness (QED) is 0.677. The highest BCUT2D eigenvalue weighted by Crippen LogP contribution is 2.31. The summed E-state index contributed by atoms with van der Waals surface area (Å²) in [7, 11) is 1.72. The average Bonchev–Trinajstić information content (AvgIpc) is 2.41. The maximum Gasteiger partial charge on any atom is 0.293 e. The van der Waals surface area contributed by atoms with Gasteiger partial charge in [0.2, 0.25) is 0 Å². The standard InChI is InChI=1S/C13H17ClN2O3/c1-19-11-5-3-10(4-6-11)15-12-7-2-9(14)8-13(12)16(17)18/h2,7-8,10-11,15H,3-6H2,1H3. The Kier molecular flexibility index (Phi) is 4.61. The second kappa shape index (κ2) is 6.21. The highest BCUT2D eigenvalue weighted by atomic mass is 35.5. The summed E-state index contributed by atoms with van der Waals surface area (Å²) in [6, 6.07) is 4.97. The number of anilines is 1. The normalized spacial score (nSPS) is 23.1. The van der Waals surface area contributed by atoms with Gasteiger partial charge in [0.1, 0.15) is 5.69 Å². The van der Waals surface area contributed by atoms with Gasteiger partial charge in [0, 0.05) is 24.2 Å². The number of nitrogens with one attached hydrogen (secondary N) is 1. The summed E-state index contributed by atoms with van der Waals surface area (Å²) in [6.45, 7) is 0. The Balaban J connectivity index is 2.05. The summed E-state index contributed by atoms with van der Waals surface area (Å²) in [5.74, 6) is 0. The smallest absolute Gasteiger partial charge is 0.293 e. The van der Waals surface area contributed by atoms with Crippen LogP contribution in [-0.2, 0) is 4.74 Å². The van der Waals surface area contributed by atoms with Gasteiger partial charge in [-0.05, 0) is 37.8 Å². The van der Waals surface area contributed by atoms with Crippen molar-refractivity contribution in [2.24, 2.45) is 0 Å². The molecule has 2 rings (SSSR count). The number of hydrogen-bond donors (Lipinski definition) is 1. The molecule has 0 radical (unpaired) electrons.